The van der Waals surface area contributed by atoms with E-state index in [9.17, 15) is 13.2 Å². The summed E-state index contributed by atoms with van der Waals surface area (Å²) in [6.07, 6.45) is 3.91. The van der Waals surface area contributed by atoms with E-state index in [2.05, 4.69) is 10.6 Å². The molecular weight excluding hydrogens is 362 g/mol. The highest BCUT2D eigenvalue weighted by atomic mass is 32.2. The van der Waals surface area contributed by atoms with Crippen molar-refractivity contribution in [2.75, 3.05) is 18.4 Å². The van der Waals surface area contributed by atoms with Crippen LogP contribution in [0.3, 0.4) is 0 Å². The zero-order valence-corrected chi connectivity index (χ0v) is 16.0. The Labute approximate surface area is 160 Å². The summed E-state index contributed by atoms with van der Waals surface area (Å²) < 4.78 is 27.3. The molecule has 0 aliphatic carbocycles. The van der Waals surface area contributed by atoms with Gasteiger partial charge in [-0.25, -0.2) is 13.2 Å². The molecule has 2 N–H and O–H groups in total. The second kappa shape index (κ2) is 9.01. The number of carbonyl (C=O) groups is 1. The SMILES string of the molecule is O=C(NCc1ccccc1)Nc1cccc(S(=O)(=O)N2CCCCCC2)c1. The molecule has 1 aliphatic heterocycles. The third kappa shape index (κ3) is 5.30. The Balaban J connectivity index is 1.65. The lowest BCUT2D eigenvalue weighted by Crippen LogP contribution is -2.32. The van der Waals surface area contributed by atoms with E-state index in [4.69, 9.17) is 0 Å². The minimum Gasteiger partial charge on any atom is -0.334 e. The molecule has 2 aromatic rings. The van der Waals surface area contributed by atoms with Gasteiger partial charge in [-0.1, -0.05) is 49.2 Å². The third-order valence-corrected chi connectivity index (χ3v) is 6.49. The van der Waals surface area contributed by atoms with Crippen LogP contribution >= 0.6 is 0 Å². The van der Waals surface area contributed by atoms with Crippen LogP contribution in [0.25, 0.3) is 0 Å². The van der Waals surface area contributed by atoms with Gasteiger partial charge in [0.1, 0.15) is 0 Å². The minimum absolute atomic E-state index is 0.213. The molecule has 0 unspecified atom stereocenters. The first kappa shape index (κ1) is 19.4. The van der Waals surface area contributed by atoms with E-state index in [1.807, 2.05) is 30.3 Å². The summed E-state index contributed by atoms with van der Waals surface area (Å²) in [5.74, 6) is 0. The normalized spacial score (nSPS) is 15.7. The Hall–Kier alpha value is -2.38. The lowest BCUT2D eigenvalue weighted by Gasteiger charge is -2.20. The standard InChI is InChI=1S/C20H25N3O3S/c24-20(21-16-17-9-4-3-5-10-17)22-18-11-8-12-19(15-18)27(25,26)23-13-6-1-2-7-14-23/h3-5,8-12,15H,1-2,6-7,13-14,16H2,(H2,21,22,24). The maximum atomic E-state index is 12.9. The van der Waals surface area contributed by atoms with Crippen LogP contribution in [0, 0.1) is 0 Å². The number of nitrogens with zero attached hydrogens (tertiary/aromatic N) is 1. The fourth-order valence-electron chi connectivity index (χ4n) is 3.12. The average molecular weight is 388 g/mol. The largest absolute Gasteiger partial charge is 0.334 e. The highest BCUT2D eigenvalue weighted by Gasteiger charge is 2.25. The molecule has 2 aromatic carbocycles. The number of benzene rings is 2. The van der Waals surface area contributed by atoms with Gasteiger partial charge in [0.05, 0.1) is 4.90 Å². The fraction of sp³-hybridized carbons (Fsp3) is 0.350. The molecule has 0 atom stereocenters. The van der Waals surface area contributed by atoms with Gasteiger partial charge in [0, 0.05) is 25.3 Å². The van der Waals surface area contributed by atoms with E-state index in [1.165, 1.54) is 6.07 Å². The average Bonchev–Trinajstić information content (AvgIpc) is 2.97. The molecule has 1 saturated heterocycles. The predicted molar refractivity (Wildman–Crippen MR) is 106 cm³/mol. The van der Waals surface area contributed by atoms with Crippen molar-refractivity contribution >= 4 is 21.7 Å². The highest BCUT2D eigenvalue weighted by Crippen LogP contribution is 2.22. The van der Waals surface area contributed by atoms with Crippen LogP contribution in [0.5, 0.6) is 0 Å². The van der Waals surface area contributed by atoms with Crippen molar-refractivity contribution in [3.05, 3.63) is 60.2 Å². The molecule has 0 bridgehead atoms. The Morgan fingerprint density at radius 2 is 1.63 bits per heavy atom. The summed E-state index contributed by atoms with van der Waals surface area (Å²) in [6.45, 7) is 1.51. The number of anilines is 1. The van der Waals surface area contributed by atoms with Crippen LogP contribution in [-0.4, -0.2) is 31.8 Å². The monoisotopic (exact) mass is 387 g/mol. The highest BCUT2D eigenvalue weighted by molar-refractivity contribution is 7.89. The van der Waals surface area contributed by atoms with Crippen LogP contribution in [0.15, 0.2) is 59.5 Å². The van der Waals surface area contributed by atoms with Crippen molar-refractivity contribution in [3.63, 3.8) is 0 Å². The van der Waals surface area contributed by atoms with Gasteiger partial charge in [0.25, 0.3) is 0 Å². The molecule has 1 fully saturated rings. The topological polar surface area (TPSA) is 78.5 Å². The van der Waals surface area contributed by atoms with E-state index in [0.717, 1.165) is 31.2 Å². The second-order valence-corrected chi connectivity index (χ2v) is 8.58. The number of urea groups is 1. The number of hydrogen-bond acceptors (Lipinski definition) is 3. The van der Waals surface area contributed by atoms with Crippen LogP contribution in [0.1, 0.15) is 31.2 Å². The molecule has 6 nitrogen and oxygen atoms in total. The molecule has 0 saturated carbocycles. The molecule has 27 heavy (non-hydrogen) atoms. The molecule has 2 amide bonds. The Bertz CT molecular complexity index is 861. The summed E-state index contributed by atoms with van der Waals surface area (Å²) in [6, 6.07) is 15.6. The van der Waals surface area contributed by atoms with E-state index in [-0.39, 0.29) is 10.9 Å². The second-order valence-electron chi connectivity index (χ2n) is 6.64. The molecule has 0 aromatic heterocycles. The number of hydrogen-bond donors (Lipinski definition) is 2. The van der Waals surface area contributed by atoms with Crippen LogP contribution in [-0.2, 0) is 16.6 Å². The molecule has 7 heteroatoms. The van der Waals surface area contributed by atoms with Crippen LogP contribution in [0.4, 0.5) is 10.5 Å². The van der Waals surface area contributed by atoms with Gasteiger partial charge in [-0.15, -0.1) is 0 Å². The number of rotatable bonds is 5. The quantitative estimate of drug-likeness (QED) is 0.823. The third-order valence-electron chi connectivity index (χ3n) is 4.59. The van der Waals surface area contributed by atoms with Gasteiger partial charge >= 0.3 is 6.03 Å². The number of amides is 2. The van der Waals surface area contributed by atoms with E-state index >= 15 is 0 Å². The summed E-state index contributed by atoms with van der Waals surface area (Å²) in [5.41, 5.74) is 1.45. The van der Waals surface area contributed by atoms with E-state index in [1.54, 1.807) is 22.5 Å². The van der Waals surface area contributed by atoms with Crippen molar-refractivity contribution in [2.24, 2.45) is 0 Å². The molecule has 1 heterocycles. The first-order chi connectivity index (χ1) is 13.1. The van der Waals surface area contributed by atoms with Gasteiger partial charge in [-0.2, -0.15) is 4.31 Å². The minimum atomic E-state index is -3.54. The zero-order chi connectivity index (χ0) is 19.1. The van der Waals surface area contributed by atoms with Crippen LogP contribution < -0.4 is 10.6 Å². The van der Waals surface area contributed by atoms with E-state index < -0.39 is 10.0 Å². The summed E-state index contributed by atoms with van der Waals surface area (Å²) in [7, 11) is -3.54. The summed E-state index contributed by atoms with van der Waals surface area (Å²) in [5, 5.41) is 5.47. The first-order valence-electron chi connectivity index (χ1n) is 9.25. The Morgan fingerprint density at radius 1 is 0.926 bits per heavy atom. The van der Waals surface area contributed by atoms with Crippen molar-refractivity contribution < 1.29 is 13.2 Å². The van der Waals surface area contributed by atoms with Gasteiger partial charge in [-0.05, 0) is 36.6 Å². The van der Waals surface area contributed by atoms with E-state index in [0.29, 0.717) is 25.3 Å². The van der Waals surface area contributed by atoms with Crippen molar-refractivity contribution in [1.82, 2.24) is 9.62 Å². The molecule has 1 aliphatic rings. The fourth-order valence-corrected chi connectivity index (χ4v) is 4.68. The Morgan fingerprint density at radius 3 is 2.33 bits per heavy atom. The molecule has 144 valence electrons. The van der Waals surface area contributed by atoms with Gasteiger partial charge in [-0.3, -0.25) is 0 Å². The van der Waals surface area contributed by atoms with Gasteiger partial charge in [0.15, 0.2) is 0 Å². The first-order valence-corrected chi connectivity index (χ1v) is 10.7. The van der Waals surface area contributed by atoms with Gasteiger partial charge in [0.2, 0.25) is 10.0 Å². The maximum Gasteiger partial charge on any atom is 0.319 e. The molecule has 0 spiro atoms. The maximum absolute atomic E-state index is 12.9. The number of nitrogens with one attached hydrogen (secondary N) is 2. The van der Waals surface area contributed by atoms with Crippen molar-refractivity contribution in [1.29, 1.82) is 0 Å². The number of carbonyl (C=O) groups excluding carboxylic acids is 1. The molecule has 3 rings (SSSR count). The van der Waals surface area contributed by atoms with Gasteiger partial charge < -0.3 is 10.6 Å². The molecular formula is C20H25N3O3S. The smallest absolute Gasteiger partial charge is 0.319 e. The molecule has 0 radical (unpaired) electrons. The summed E-state index contributed by atoms with van der Waals surface area (Å²) >= 11 is 0. The summed E-state index contributed by atoms with van der Waals surface area (Å²) in [4.78, 5) is 12.3. The lowest BCUT2D eigenvalue weighted by molar-refractivity contribution is 0.251. The van der Waals surface area contributed by atoms with Crippen molar-refractivity contribution in [2.45, 2.75) is 37.1 Å². The number of sulfonamides is 1. The Kier molecular flexibility index (Phi) is 6.47. The zero-order valence-electron chi connectivity index (χ0n) is 15.2. The lowest BCUT2D eigenvalue weighted by atomic mass is 10.2. The van der Waals surface area contributed by atoms with Crippen molar-refractivity contribution in [3.8, 4) is 0 Å². The predicted octanol–water partition coefficient (Wildman–Crippen LogP) is 3.57. The van der Waals surface area contributed by atoms with Crippen LogP contribution in [0.2, 0.25) is 0 Å².